The number of carbonyl (C=O) groups is 3. The van der Waals surface area contributed by atoms with Gasteiger partial charge < -0.3 is 14.2 Å². The number of rotatable bonds is 62. The van der Waals surface area contributed by atoms with Crippen LogP contribution in [0.15, 0.2) is 122 Å². The molecule has 0 spiro atoms. The average molecular weight is 1140 g/mol. The van der Waals surface area contributed by atoms with Crippen LogP contribution in [-0.2, 0) is 28.6 Å². The Morgan fingerprint density at radius 2 is 0.476 bits per heavy atom. The van der Waals surface area contributed by atoms with Crippen molar-refractivity contribution in [3.05, 3.63) is 122 Å². The number of carbonyl (C=O) groups excluding carboxylic acids is 3. The molecule has 0 saturated carbocycles. The first-order valence-electron chi connectivity index (χ1n) is 34.5. The van der Waals surface area contributed by atoms with E-state index in [2.05, 4.69) is 142 Å². The molecule has 0 fully saturated rings. The van der Waals surface area contributed by atoms with Crippen molar-refractivity contribution in [2.45, 2.75) is 329 Å². The third kappa shape index (κ3) is 66.6. The van der Waals surface area contributed by atoms with Gasteiger partial charge in [-0.1, -0.05) is 296 Å². The van der Waals surface area contributed by atoms with E-state index in [9.17, 15) is 14.4 Å². The van der Waals surface area contributed by atoms with Crippen LogP contribution in [0.25, 0.3) is 0 Å². The number of esters is 3. The molecular formula is C76H128O6. The Hall–Kier alpha value is -4.19. The second-order valence-corrected chi connectivity index (χ2v) is 22.7. The highest BCUT2D eigenvalue weighted by Crippen LogP contribution is 2.16. The fourth-order valence-electron chi connectivity index (χ4n) is 9.57. The van der Waals surface area contributed by atoms with E-state index in [0.29, 0.717) is 19.3 Å². The zero-order valence-corrected chi connectivity index (χ0v) is 53.7. The van der Waals surface area contributed by atoms with E-state index in [-0.39, 0.29) is 31.1 Å². The maximum absolute atomic E-state index is 12.9. The molecule has 0 saturated heterocycles. The Bertz CT molecular complexity index is 1690. The van der Waals surface area contributed by atoms with E-state index in [0.717, 1.165) is 135 Å². The molecule has 0 aliphatic carbocycles. The van der Waals surface area contributed by atoms with Crippen LogP contribution >= 0.6 is 0 Å². The van der Waals surface area contributed by atoms with Crippen molar-refractivity contribution in [1.29, 1.82) is 0 Å². The highest BCUT2D eigenvalue weighted by molar-refractivity contribution is 5.71. The van der Waals surface area contributed by atoms with Crippen molar-refractivity contribution in [2.24, 2.45) is 0 Å². The summed E-state index contributed by atoms with van der Waals surface area (Å²) in [5, 5.41) is 0. The number of unbranched alkanes of at least 4 members (excludes halogenated alkanes) is 31. The summed E-state index contributed by atoms with van der Waals surface area (Å²) in [4.78, 5) is 38.4. The molecule has 1 atom stereocenters. The van der Waals surface area contributed by atoms with Crippen LogP contribution in [0.5, 0.6) is 0 Å². The third-order valence-corrected chi connectivity index (χ3v) is 14.7. The highest BCUT2D eigenvalue weighted by Gasteiger charge is 2.19. The Kier molecular flexibility index (Phi) is 65.8. The summed E-state index contributed by atoms with van der Waals surface area (Å²) in [7, 11) is 0. The lowest BCUT2D eigenvalue weighted by Crippen LogP contribution is -2.30. The van der Waals surface area contributed by atoms with Gasteiger partial charge in [0, 0.05) is 19.3 Å². The minimum atomic E-state index is -0.792. The molecule has 82 heavy (non-hydrogen) atoms. The molecule has 0 N–H and O–H groups in total. The normalized spacial score (nSPS) is 12.9. The number of ether oxygens (including phenoxy) is 3. The fourth-order valence-corrected chi connectivity index (χ4v) is 9.57. The van der Waals surface area contributed by atoms with Crippen molar-refractivity contribution in [2.75, 3.05) is 13.2 Å². The Morgan fingerprint density at radius 1 is 0.256 bits per heavy atom. The van der Waals surface area contributed by atoms with Crippen LogP contribution in [0, 0.1) is 0 Å². The first kappa shape index (κ1) is 77.8. The van der Waals surface area contributed by atoms with Crippen LogP contribution in [0.1, 0.15) is 323 Å². The van der Waals surface area contributed by atoms with E-state index in [4.69, 9.17) is 14.2 Å². The van der Waals surface area contributed by atoms with Gasteiger partial charge in [0.1, 0.15) is 13.2 Å². The standard InChI is InChI=1S/C76H128O6/c1-4-7-10-13-16-19-22-25-28-30-32-33-34-35-36-37-38-39-40-41-42-43-44-46-48-51-54-57-60-63-66-69-75(78)81-72-73(71-80-74(77)68-65-62-59-56-53-50-47-27-24-21-18-15-12-9-6-3)82-76(79)70-67-64-61-58-55-52-49-45-31-29-26-23-20-17-14-11-8-5-2/h7,9-10,12,16,18-19,21,25,27-29,31-33,35-36,38-39,47,73H,4-6,8,11,13-15,17,20,22-24,26,30,34,37,40-46,48-72H2,1-3H3/b10-7-,12-9-,19-16-,21-18-,28-25-,31-29-,33-32-,36-35-,39-38-,47-27-. The zero-order chi connectivity index (χ0) is 59.2. The summed E-state index contributed by atoms with van der Waals surface area (Å²) in [5.74, 6) is -0.900. The molecule has 0 aromatic heterocycles. The lowest BCUT2D eigenvalue weighted by atomic mass is 10.0. The fraction of sp³-hybridized carbons (Fsp3) is 0.697. The van der Waals surface area contributed by atoms with Gasteiger partial charge in [-0.25, -0.2) is 0 Å². The second kappa shape index (κ2) is 69.3. The molecule has 0 rings (SSSR count). The highest BCUT2D eigenvalue weighted by atomic mass is 16.6. The van der Waals surface area contributed by atoms with Crippen LogP contribution in [0.2, 0.25) is 0 Å². The molecule has 0 heterocycles. The Morgan fingerprint density at radius 3 is 0.756 bits per heavy atom. The first-order valence-corrected chi connectivity index (χ1v) is 34.5. The molecule has 0 bridgehead atoms. The molecule has 0 aliphatic heterocycles. The number of hydrogen-bond acceptors (Lipinski definition) is 6. The molecule has 468 valence electrons. The smallest absolute Gasteiger partial charge is 0.306 e. The van der Waals surface area contributed by atoms with Crippen molar-refractivity contribution in [1.82, 2.24) is 0 Å². The van der Waals surface area contributed by atoms with Gasteiger partial charge in [-0.15, -0.1) is 0 Å². The largest absolute Gasteiger partial charge is 0.462 e. The maximum Gasteiger partial charge on any atom is 0.306 e. The van der Waals surface area contributed by atoms with Gasteiger partial charge in [0.05, 0.1) is 0 Å². The van der Waals surface area contributed by atoms with Crippen LogP contribution < -0.4 is 0 Å². The molecular weight excluding hydrogens is 1010 g/mol. The predicted molar refractivity (Wildman–Crippen MR) is 357 cm³/mol. The first-order chi connectivity index (χ1) is 40.5. The number of hydrogen-bond donors (Lipinski definition) is 0. The SMILES string of the molecule is CC/C=C\C/C=C\C/C=C\C/C=C\C/C=C\C/C=C\CCCCCCCCCCCCCCC(=O)OCC(COC(=O)CCCCCCC/C=C\C/C=C\C/C=C\CC)OC(=O)CCCCCCCCC/C=C\CCCCCCCCC. The summed E-state index contributed by atoms with van der Waals surface area (Å²) in [5.41, 5.74) is 0. The lowest BCUT2D eigenvalue weighted by Gasteiger charge is -2.18. The molecule has 0 aliphatic rings. The molecule has 6 heteroatoms. The molecule has 1 unspecified atom stereocenters. The summed E-state index contributed by atoms with van der Waals surface area (Å²) < 4.78 is 17.0. The summed E-state index contributed by atoms with van der Waals surface area (Å²) >= 11 is 0. The van der Waals surface area contributed by atoms with Gasteiger partial charge in [0.2, 0.25) is 0 Å². The van der Waals surface area contributed by atoms with Crippen LogP contribution in [0.4, 0.5) is 0 Å². The van der Waals surface area contributed by atoms with Crippen LogP contribution in [0.3, 0.4) is 0 Å². The van der Waals surface area contributed by atoms with E-state index in [1.54, 1.807) is 0 Å². The van der Waals surface area contributed by atoms with E-state index in [1.165, 1.54) is 148 Å². The topological polar surface area (TPSA) is 78.9 Å². The number of allylic oxidation sites excluding steroid dienone is 20. The quantitative estimate of drug-likeness (QED) is 0.0261. The molecule has 6 nitrogen and oxygen atoms in total. The Labute approximate surface area is 507 Å². The minimum absolute atomic E-state index is 0.0866. The van der Waals surface area contributed by atoms with Crippen LogP contribution in [-0.4, -0.2) is 37.2 Å². The summed E-state index contributed by atoms with van der Waals surface area (Å²) in [6.07, 6.45) is 96.5. The van der Waals surface area contributed by atoms with E-state index < -0.39 is 6.10 Å². The van der Waals surface area contributed by atoms with Gasteiger partial charge in [-0.2, -0.15) is 0 Å². The molecule has 0 radical (unpaired) electrons. The Balaban J connectivity index is 4.30. The predicted octanol–water partition coefficient (Wildman–Crippen LogP) is 23.9. The van der Waals surface area contributed by atoms with Crippen molar-refractivity contribution in [3.8, 4) is 0 Å². The summed E-state index contributed by atoms with van der Waals surface area (Å²) in [6, 6.07) is 0. The van der Waals surface area contributed by atoms with Crippen molar-refractivity contribution >= 4 is 17.9 Å². The van der Waals surface area contributed by atoms with Gasteiger partial charge in [-0.05, 0) is 128 Å². The molecule has 0 amide bonds. The summed E-state index contributed by atoms with van der Waals surface area (Å²) in [6.45, 7) is 6.42. The van der Waals surface area contributed by atoms with E-state index >= 15 is 0 Å². The van der Waals surface area contributed by atoms with E-state index in [1.807, 2.05) is 0 Å². The third-order valence-electron chi connectivity index (χ3n) is 14.7. The zero-order valence-electron chi connectivity index (χ0n) is 53.7. The van der Waals surface area contributed by atoms with Gasteiger partial charge in [0.25, 0.3) is 0 Å². The molecule has 0 aromatic rings. The van der Waals surface area contributed by atoms with Gasteiger partial charge in [0.15, 0.2) is 6.10 Å². The monoisotopic (exact) mass is 1140 g/mol. The minimum Gasteiger partial charge on any atom is -0.462 e. The average Bonchev–Trinajstić information content (AvgIpc) is 3.47. The van der Waals surface area contributed by atoms with Crippen molar-refractivity contribution in [3.63, 3.8) is 0 Å². The van der Waals surface area contributed by atoms with Gasteiger partial charge >= 0.3 is 17.9 Å². The van der Waals surface area contributed by atoms with Crippen molar-refractivity contribution < 1.29 is 28.6 Å². The lowest BCUT2D eigenvalue weighted by molar-refractivity contribution is -0.167. The maximum atomic E-state index is 12.9. The second-order valence-electron chi connectivity index (χ2n) is 22.7. The molecule has 0 aromatic carbocycles. The van der Waals surface area contributed by atoms with Gasteiger partial charge in [-0.3, -0.25) is 14.4 Å².